The number of hydrogen-bond donors (Lipinski definition) is 4. The molecule has 0 aliphatic carbocycles. The molecule has 4 N–H and O–H groups in total. The first kappa shape index (κ1) is 33.1. The lowest BCUT2D eigenvalue weighted by atomic mass is 10.1. The molecule has 0 radical (unpaired) electrons. The summed E-state index contributed by atoms with van der Waals surface area (Å²) in [7, 11) is 0. The van der Waals surface area contributed by atoms with Crippen molar-refractivity contribution in [1.29, 1.82) is 0 Å². The van der Waals surface area contributed by atoms with Crippen LogP contribution in [0.15, 0.2) is 104 Å². The molecule has 2 heterocycles. The van der Waals surface area contributed by atoms with Crippen LogP contribution in [0.4, 0.5) is 11.4 Å². The molecule has 0 saturated heterocycles. The van der Waals surface area contributed by atoms with Gasteiger partial charge in [-0.25, -0.2) is 10.9 Å². The number of carbonyl (C=O) groups is 4. The van der Waals surface area contributed by atoms with Crippen molar-refractivity contribution >= 4 is 46.4 Å². The third kappa shape index (κ3) is 10.4. The molecule has 0 unspecified atom stereocenters. The SMILES string of the molecule is C/C(=N\NC(=O)CCCCCCC(=O)N/N=C(\C)c1cccc(NC(=O)c2ccco2)c1)c1cccc(NC(=O)c2ccco2)c1. The fraction of sp³-hybridized carbons (Fsp3) is 0.235. The van der Waals surface area contributed by atoms with Crippen molar-refractivity contribution in [3.63, 3.8) is 0 Å². The molecule has 2 aromatic heterocycles. The third-order valence-electron chi connectivity index (χ3n) is 6.82. The van der Waals surface area contributed by atoms with E-state index in [1.165, 1.54) is 12.5 Å². The van der Waals surface area contributed by atoms with Gasteiger partial charge in [0.05, 0.1) is 23.9 Å². The lowest BCUT2D eigenvalue weighted by Crippen LogP contribution is -2.19. The van der Waals surface area contributed by atoms with Crippen molar-refractivity contribution in [2.75, 3.05) is 10.6 Å². The minimum absolute atomic E-state index is 0.200. The molecule has 0 bridgehead atoms. The Morgan fingerprint density at radius 2 is 1.02 bits per heavy atom. The molecular weight excluding hydrogens is 588 g/mol. The smallest absolute Gasteiger partial charge is 0.291 e. The Hall–Kier alpha value is -5.78. The highest BCUT2D eigenvalue weighted by Crippen LogP contribution is 2.15. The number of nitrogens with zero attached hydrogens (tertiary/aromatic N) is 2. The van der Waals surface area contributed by atoms with Gasteiger partial charge in [-0.3, -0.25) is 19.2 Å². The minimum Gasteiger partial charge on any atom is -0.459 e. The first-order chi connectivity index (χ1) is 22.3. The minimum atomic E-state index is -0.359. The largest absolute Gasteiger partial charge is 0.459 e. The van der Waals surface area contributed by atoms with E-state index in [2.05, 4.69) is 31.7 Å². The summed E-state index contributed by atoms with van der Waals surface area (Å²) >= 11 is 0. The molecule has 12 nitrogen and oxygen atoms in total. The fourth-order valence-corrected chi connectivity index (χ4v) is 4.30. The maximum Gasteiger partial charge on any atom is 0.291 e. The van der Waals surface area contributed by atoms with Crippen LogP contribution in [0.5, 0.6) is 0 Å². The first-order valence-electron chi connectivity index (χ1n) is 14.9. The second kappa shape index (κ2) is 16.9. The summed E-state index contributed by atoms with van der Waals surface area (Å²) in [6, 6.07) is 20.7. The third-order valence-corrected chi connectivity index (χ3v) is 6.82. The molecule has 4 aromatic rings. The van der Waals surface area contributed by atoms with Crippen LogP contribution in [0, 0.1) is 0 Å². The van der Waals surface area contributed by atoms with E-state index in [4.69, 9.17) is 8.83 Å². The maximum atomic E-state index is 12.3. The zero-order valence-corrected chi connectivity index (χ0v) is 25.7. The molecule has 0 spiro atoms. The van der Waals surface area contributed by atoms with E-state index in [0.717, 1.165) is 24.0 Å². The number of unbranched alkanes of at least 4 members (excludes halogenated alkanes) is 3. The average Bonchev–Trinajstić information content (AvgIpc) is 3.80. The molecule has 4 rings (SSSR count). The van der Waals surface area contributed by atoms with Gasteiger partial charge < -0.3 is 19.5 Å². The van der Waals surface area contributed by atoms with Gasteiger partial charge in [-0.15, -0.1) is 0 Å². The van der Waals surface area contributed by atoms with Gasteiger partial charge in [0, 0.05) is 24.2 Å². The number of benzene rings is 2. The summed E-state index contributed by atoms with van der Waals surface area (Å²) in [4.78, 5) is 48.9. The molecular formula is C34H36N6O6. The van der Waals surface area contributed by atoms with Crippen molar-refractivity contribution in [3.05, 3.63) is 108 Å². The van der Waals surface area contributed by atoms with E-state index >= 15 is 0 Å². The van der Waals surface area contributed by atoms with Gasteiger partial charge in [-0.2, -0.15) is 10.2 Å². The topological polar surface area (TPSA) is 167 Å². The highest BCUT2D eigenvalue weighted by Gasteiger charge is 2.11. The molecule has 46 heavy (non-hydrogen) atoms. The van der Waals surface area contributed by atoms with Gasteiger partial charge in [0.1, 0.15) is 0 Å². The Morgan fingerprint density at radius 1 is 0.587 bits per heavy atom. The van der Waals surface area contributed by atoms with Gasteiger partial charge in [-0.1, -0.05) is 37.1 Å². The highest BCUT2D eigenvalue weighted by molar-refractivity contribution is 6.05. The predicted octanol–water partition coefficient (Wildman–Crippen LogP) is 6.10. The first-order valence-corrected chi connectivity index (χ1v) is 14.9. The Balaban J connectivity index is 1.10. The zero-order chi connectivity index (χ0) is 32.7. The highest BCUT2D eigenvalue weighted by atomic mass is 16.3. The molecule has 2 aromatic carbocycles. The molecule has 0 saturated carbocycles. The summed E-state index contributed by atoms with van der Waals surface area (Å²) in [6.07, 6.45) is 6.40. The van der Waals surface area contributed by atoms with Crippen molar-refractivity contribution in [1.82, 2.24) is 10.9 Å². The van der Waals surface area contributed by atoms with Crippen molar-refractivity contribution in [2.45, 2.75) is 52.4 Å². The van der Waals surface area contributed by atoms with Crippen LogP contribution < -0.4 is 21.5 Å². The van der Waals surface area contributed by atoms with Crippen LogP contribution in [-0.4, -0.2) is 35.1 Å². The lowest BCUT2D eigenvalue weighted by molar-refractivity contribution is -0.122. The van der Waals surface area contributed by atoms with Crippen LogP contribution in [0.25, 0.3) is 0 Å². The standard InChI is InChI=1S/C34H36N6O6/c1-23(25-11-7-13-27(21-25)35-33(43)29-15-9-19-45-29)37-39-31(41)17-5-3-4-6-18-32(42)40-38-24(2)26-12-8-14-28(22-26)36-34(44)30-16-10-20-46-30/h7-16,19-22H,3-6,17-18H2,1-2H3,(H,35,43)(H,36,44)(H,39,41)(H,40,42)/b37-23+,38-24+. The maximum absolute atomic E-state index is 12.3. The van der Waals surface area contributed by atoms with Gasteiger partial charge in [0.2, 0.25) is 11.8 Å². The summed E-state index contributed by atoms with van der Waals surface area (Å²) in [6.45, 7) is 3.54. The van der Waals surface area contributed by atoms with E-state index in [1.54, 1.807) is 74.5 Å². The van der Waals surface area contributed by atoms with E-state index in [9.17, 15) is 19.2 Å². The Labute approximate surface area is 266 Å². The predicted molar refractivity (Wildman–Crippen MR) is 175 cm³/mol. The van der Waals surface area contributed by atoms with Crippen molar-refractivity contribution < 1.29 is 28.0 Å². The fourth-order valence-electron chi connectivity index (χ4n) is 4.30. The zero-order valence-electron chi connectivity index (χ0n) is 25.7. The van der Waals surface area contributed by atoms with Gasteiger partial charge in [0.25, 0.3) is 11.8 Å². The molecule has 0 aliphatic heterocycles. The quantitative estimate of drug-likeness (QED) is 0.0708. The monoisotopic (exact) mass is 624 g/mol. The number of anilines is 2. The Kier molecular flexibility index (Phi) is 12.2. The van der Waals surface area contributed by atoms with E-state index in [0.29, 0.717) is 48.5 Å². The number of nitrogens with one attached hydrogen (secondary N) is 4. The molecule has 0 fully saturated rings. The molecule has 4 amide bonds. The van der Waals surface area contributed by atoms with Gasteiger partial charge in [-0.05, 0) is 86.3 Å². The Morgan fingerprint density at radius 3 is 1.41 bits per heavy atom. The van der Waals surface area contributed by atoms with Crippen molar-refractivity contribution in [2.24, 2.45) is 10.2 Å². The number of hydrogen-bond acceptors (Lipinski definition) is 8. The molecule has 12 heteroatoms. The Bertz CT molecular complexity index is 1570. The van der Waals surface area contributed by atoms with E-state index < -0.39 is 0 Å². The molecule has 0 aliphatic rings. The summed E-state index contributed by atoms with van der Waals surface area (Å²) < 4.78 is 10.2. The second-order valence-electron chi connectivity index (χ2n) is 10.4. The van der Waals surface area contributed by atoms with Crippen LogP contribution >= 0.6 is 0 Å². The normalized spacial score (nSPS) is 11.5. The van der Waals surface area contributed by atoms with Crippen molar-refractivity contribution in [3.8, 4) is 0 Å². The number of rotatable bonds is 15. The van der Waals surface area contributed by atoms with E-state index in [1.807, 2.05) is 12.1 Å². The van der Waals surface area contributed by atoms with Gasteiger partial charge >= 0.3 is 0 Å². The van der Waals surface area contributed by atoms with Crippen LogP contribution in [-0.2, 0) is 9.59 Å². The average molecular weight is 625 g/mol. The molecule has 238 valence electrons. The summed E-state index contributed by atoms with van der Waals surface area (Å²) in [5.41, 5.74) is 8.99. The van der Waals surface area contributed by atoms with Crippen LogP contribution in [0.2, 0.25) is 0 Å². The number of amides is 4. The number of hydrazone groups is 2. The number of furan rings is 2. The number of carbonyl (C=O) groups excluding carboxylic acids is 4. The van der Waals surface area contributed by atoms with Crippen LogP contribution in [0.3, 0.4) is 0 Å². The summed E-state index contributed by atoms with van der Waals surface area (Å²) in [5, 5.41) is 13.9. The van der Waals surface area contributed by atoms with E-state index in [-0.39, 0.29) is 35.1 Å². The van der Waals surface area contributed by atoms with Gasteiger partial charge in [0.15, 0.2) is 11.5 Å². The second-order valence-corrected chi connectivity index (χ2v) is 10.4. The van der Waals surface area contributed by atoms with Crippen LogP contribution in [0.1, 0.15) is 84.6 Å². The summed E-state index contributed by atoms with van der Waals surface area (Å²) in [5.74, 6) is -0.699. The molecule has 0 atom stereocenters. The lowest BCUT2D eigenvalue weighted by Gasteiger charge is -2.07.